The summed E-state index contributed by atoms with van der Waals surface area (Å²) in [7, 11) is 0. The van der Waals surface area contributed by atoms with Crippen molar-refractivity contribution in [1.82, 2.24) is 5.32 Å². The summed E-state index contributed by atoms with van der Waals surface area (Å²) in [6, 6.07) is 7.18. The Kier molecular flexibility index (Phi) is 6.77. The topological polar surface area (TPSA) is 55.4 Å². The summed E-state index contributed by atoms with van der Waals surface area (Å²) in [5.74, 6) is 0.657. The van der Waals surface area contributed by atoms with Crippen molar-refractivity contribution in [3.8, 4) is 5.75 Å². The standard InChI is InChI=1S/C16H23NO3/c1-4-12(3)17-16(19)11-10-15(18)13-6-8-14(9-7-13)20-5-2/h6-9,12H,4-5,10-11H2,1-3H3,(H,17,19). The van der Waals surface area contributed by atoms with Gasteiger partial charge in [0.1, 0.15) is 5.75 Å². The molecule has 1 aromatic carbocycles. The van der Waals surface area contributed by atoms with Crippen molar-refractivity contribution < 1.29 is 14.3 Å². The van der Waals surface area contributed by atoms with Gasteiger partial charge in [-0.2, -0.15) is 0 Å². The van der Waals surface area contributed by atoms with Gasteiger partial charge in [-0.1, -0.05) is 6.92 Å². The molecule has 1 aromatic rings. The fourth-order valence-corrected chi connectivity index (χ4v) is 1.72. The van der Waals surface area contributed by atoms with E-state index in [0.717, 1.165) is 12.2 Å². The Morgan fingerprint density at radius 1 is 1.15 bits per heavy atom. The van der Waals surface area contributed by atoms with Gasteiger partial charge in [-0.15, -0.1) is 0 Å². The molecule has 1 rings (SSSR count). The molecular formula is C16H23NO3. The van der Waals surface area contributed by atoms with Gasteiger partial charge in [0.25, 0.3) is 0 Å². The number of ketones is 1. The molecule has 0 spiro atoms. The van der Waals surface area contributed by atoms with E-state index in [-0.39, 0.29) is 30.6 Å². The molecule has 0 aliphatic heterocycles. The highest BCUT2D eigenvalue weighted by atomic mass is 16.5. The lowest BCUT2D eigenvalue weighted by Gasteiger charge is -2.10. The predicted octanol–water partition coefficient (Wildman–Crippen LogP) is 2.96. The van der Waals surface area contributed by atoms with E-state index in [1.807, 2.05) is 20.8 Å². The van der Waals surface area contributed by atoms with Crippen molar-refractivity contribution in [3.63, 3.8) is 0 Å². The number of hydrogen-bond donors (Lipinski definition) is 1. The maximum atomic E-state index is 12.0. The molecule has 1 N–H and O–H groups in total. The van der Waals surface area contributed by atoms with Crippen molar-refractivity contribution in [2.75, 3.05) is 6.61 Å². The minimum atomic E-state index is -0.0707. The smallest absolute Gasteiger partial charge is 0.220 e. The molecule has 1 amide bonds. The summed E-state index contributed by atoms with van der Waals surface area (Å²) in [4.78, 5) is 23.6. The molecule has 110 valence electrons. The number of carbonyl (C=O) groups excluding carboxylic acids is 2. The highest BCUT2D eigenvalue weighted by Gasteiger charge is 2.10. The largest absolute Gasteiger partial charge is 0.494 e. The molecule has 0 heterocycles. The number of Topliss-reactive ketones (excluding diaryl/α,β-unsaturated/α-hetero) is 1. The van der Waals surface area contributed by atoms with Gasteiger partial charge in [0, 0.05) is 24.4 Å². The van der Waals surface area contributed by atoms with Crippen molar-refractivity contribution in [2.45, 2.75) is 46.1 Å². The van der Waals surface area contributed by atoms with Gasteiger partial charge in [0.2, 0.25) is 5.91 Å². The molecule has 0 bridgehead atoms. The first-order chi connectivity index (χ1) is 9.56. The normalized spacial score (nSPS) is 11.8. The summed E-state index contributed by atoms with van der Waals surface area (Å²) in [5.41, 5.74) is 0.616. The van der Waals surface area contributed by atoms with Gasteiger partial charge in [0.05, 0.1) is 6.61 Å². The molecule has 0 aliphatic carbocycles. The summed E-state index contributed by atoms with van der Waals surface area (Å²) < 4.78 is 5.32. The Labute approximate surface area is 120 Å². The van der Waals surface area contributed by atoms with E-state index in [4.69, 9.17) is 4.74 Å². The molecular weight excluding hydrogens is 254 g/mol. The maximum Gasteiger partial charge on any atom is 0.220 e. The number of benzene rings is 1. The second-order valence-electron chi connectivity index (χ2n) is 4.76. The van der Waals surface area contributed by atoms with E-state index in [1.165, 1.54) is 0 Å². The third-order valence-corrected chi connectivity index (χ3v) is 3.09. The maximum absolute atomic E-state index is 12.0. The Balaban J connectivity index is 2.44. The molecule has 0 aromatic heterocycles. The number of hydrogen-bond acceptors (Lipinski definition) is 3. The predicted molar refractivity (Wildman–Crippen MR) is 79.1 cm³/mol. The number of nitrogens with one attached hydrogen (secondary N) is 1. The molecule has 0 radical (unpaired) electrons. The van der Waals surface area contributed by atoms with E-state index >= 15 is 0 Å². The van der Waals surface area contributed by atoms with Crippen LogP contribution < -0.4 is 10.1 Å². The van der Waals surface area contributed by atoms with Crippen LogP contribution in [0.15, 0.2) is 24.3 Å². The van der Waals surface area contributed by atoms with Gasteiger partial charge < -0.3 is 10.1 Å². The summed E-state index contributed by atoms with van der Waals surface area (Å²) in [6.45, 7) is 6.47. The van der Waals surface area contributed by atoms with Crippen LogP contribution in [0.4, 0.5) is 0 Å². The summed E-state index contributed by atoms with van der Waals surface area (Å²) in [6.07, 6.45) is 1.35. The molecule has 0 saturated carbocycles. The molecule has 4 nitrogen and oxygen atoms in total. The van der Waals surface area contributed by atoms with E-state index in [0.29, 0.717) is 12.2 Å². The van der Waals surface area contributed by atoms with Crippen LogP contribution in [0.2, 0.25) is 0 Å². The third kappa shape index (κ3) is 5.43. The minimum absolute atomic E-state index is 0.0210. The zero-order valence-corrected chi connectivity index (χ0v) is 12.4. The number of amides is 1. The average molecular weight is 277 g/mol. The van der Waals surface area contributed by atoms with Crippen LogP contribution >= 0.6 is 0 Å². The quantitative estimate of drug-likeness (QED) is 0.743. The van der Waals surface area contributed by atoms with Crippen molar-refractivity contribution in [2.24, 2.45) is 0 Å². The fourth-order valence-electron chi connectivity index (χ4n) is 1.72. The molecule has 0 aliphatic rings. The van der Waals surface area contributed by atoms with Crippen LogP contribution in [0.25, 0.3) is 0 Å². The van der Waals surface area contributed by atoms with Crippen molar-refractivity contribution in [1.29, 1.82) is 0 Å². The van der Waals surface area contributed by atoms with Crippen LogP contribution in [0.1, 0.15) is 50.4 Å². The lowest BCUT2D eigenvalue weighted by atomic mass is 10.1. The van der Waals surface area contributed by atoms with Gasteiger partial charge in [-0.05, 0) is 44.5 Å². The Bertz CT molecular complexity index is 440. The highest BCUT2D eigenvalue weighted by molar-refractivity contribution is 5.98. The Morgan fingerprint density at radius 2 is 1.80 bits per heavy atom. The fraction of sp³-hybridized carbons (Fsp3) is 0.500. The van der Waals surface area contributed by atoms with Crippen LogP contribution in [0.5, 0.6) is 5.75 Å². The van der Waals surface area contributed by atoms with Gasteiger partial charge in [-0.3, -0.25) is 9.59 Å². The number of carbonyl (C=O) groups is 2. The summed E-state index contributed by atoms with van der Waals surface area (Å²) >= 11 is 0. The SMILES string of the molecule is CCOc1ccc(C(=O)CCC(=O)NC(C)CC)cc1. The average Bonchev–Trinajstić information content (AvgIpc) is 2.45. The Hall–Kier alpha value is -1.84. The monoisotopic (exact) mass is 277 g/mol. The van der Waals surface area contributed by atoms with Gasteiger partial charge >= 0.3 is 0 Å². The first-order valence-corrected chi connectivity index (χ1v) is 7.12. The van der Waals surface area contributed by atoms with Gasteiger partial charge in [0.15, 0.2) is 5.78 Å². The van der Waals surface area contributed by atoms with E-state index in [1.54, 1.807) is 24.3 Å². The van der Waals surface area contributed by atoms with Gasteiger partial charge in [-0.25, -0.2) is 0 Å². The molecule has 0 saturated heterocycles. The summed E-state index contributed by atoms with van der Waals surface area (Å²) in [5, 5.41) is 2.85. The molecule has 1 unspecified atom stereocenters. The van der Waals surface area contributed by atoms with Crippen LogP contribution in [0.3, 0.4) is 0 Å². The first-order valence-electron chi connectivity index (χ1n) is 7.12. The second kappa shape index (κ2) is 8.35. The zero-order valence-electron chi connectivity index (χ0n) is 12.4. The third-order valence-electron chi connectivity index (χ3n) is 3.09. The minimum Gasteiger partial charge on any atom is -0.494 e. The molecule has 1 atom stereocenters. The highest BCUT2D eigenvalue weighted by Crippen LogP contribution is 2.14. The van der Waals surface area contributed by atoms with E-state index in [9.17, 15) is 9.59 Å². The molecule has 4 heteroatoms. The van der Waals surface area contributed by atoms with Crippen molar-refractivity contribution in [3.05, 3.63) is 29.8 Å². The number of ether oxygens (including phenoxy) is 1. The number of rotatable bonds is 8. The lowest BCUT2D eigenvalue weighted by molar-refractivity contribution is -0.121. The molecule has 0 fully saturated rings. The zero-order chi connectivity index (χ0) is 15.0. The van der Waals surface area contributed by atoms with Crippen LogP contribution in [0, 0.1) is 0 Å². The second-order valence-corrected chi connectivity index (χ2v) is 4.76. The first kappa shape index (κ1) is 16.2. The van der Waals surface area contributed by atoms with E-state index < -0.39 is 0 Å². The van der Waals surface area contributed by atoms with Crippen LogP contribution in [-0.2, 0) is 4.79 Å². The van der Waals surface area contributed by atoms with Crippen LogP contribution in [-0.4, -0.2) is 24.3 Å². The van der Waals surface area contributed by atoms with E-state index in [2.05, 4.69) is 5.32 Å². The van der Waals surface area contributed by atoms with Crippen molar-refractivity contribution >= 4 is 11.7 Å². The molecule has 20 heavy (non-hydrogen) atoms. The lowest BCUT2D eigenvalue weighted by Crippen LogP contribution is -2.32. The Morgan fingerprint density at radius 3 is 2.35 bits per heavy atom.